The topological polar surface area (TPSA) is 135 Å². The summed E-state index contributed by atoms with van der Waals surface area (Å²) in [4.78, 5) is 32.3. The molecule has 198 valence electrons. The van der Waals surface area contributed by atoms with Crippen molar-refractivity contribution in [1.82, 2.24) is 34.7 Å². The largest absolute Gasteiger partial charge is 0.463 e. The number of anilines is 2. The molecule has 5 heterocycles. The molecule has 1 saturated heterocycles. The molecule has 0 saturated carbocycles. The first-order chi connectivity index (χ1) is 19.0. The third-order valence-corrected chi connectivity index (χ3v) is 6.78. The molecule has 2 N–H and O–H groups in total. The number of nitrogens with zero attached hydrogens (tertiary/aromatic N) is 7. The van der Waals surface area contributed by atoms with E-state index >= 15 is 0 Å². The van der Waals surface area contributed by atoms with E-state index in [1.165, 1.54) is 0 Å². The van der Waals surface area contributed by atoms with Gasteiger partial charge in [-0.05, 0) is 49.9 Å². The third kappa shape index (κ3) is 5.08. The molecule has 6 rings (SSSR count). The van der Waals surface area contributed by atoms with Crippen LogP contribution >= 0.6 is 0 Å². The highest BCUT2D eigenvalue weighted by molar-refractivity contribution is 6.39. The molecular weight excluding hydrogens is 498 g/mol. The second-order valence-corrected chi connectivity index (χ2v) is 9.57. The van der Waals surface area contributed by atoms with Gasteiger partial charge < -0.3 is 20.0 Å². The van der Waals surface area contributed by atoms with Crippen LogP contribution in [0.5, 0.6) is 0 Å². The van der Waals surface area contributed by atoms with E-state index in [9.17, 15) is 9.59 Å². The van der Waals surface area contributed by atoms with Crippen molar-refractivity contribution in [3.63, 3.8) is 0 Å². The van der Waals surface area contributed by atoms with E-state index in [2.05, 4.69) is 35.8 Å². The van der Waals surface area contributed by atoms with Gasteiger partial charge in [0.25, 0.3) is 0 Å². The van der Waals surface area contributed by atoms with E-state index in [1.54, 1.807) is 41.7 Å². The van der Waals surface area contributed by atoms with Crippen molar-refractivity contribution in [1.29, 1.82) is 0 Å². The number of nitrogens with one attached hydrogen (secondary N) is 2. The number of furan rings is 1. The van der Waals surface area contributed by atoms with Crippen molar-refractivity contribution in [3.05, 3.63) is 73.0 Å². The second-order valence-electron chi connectivity index (χ2n) is 9.57. The summed E-state index contributed by atoms with van der Waals surface area (Å²) in [6, 6.07) is 12.9. The minimum Gasteiger partial charge on any atom is -0.463 e. The van der Waals surface area contributed by atoms with Crippen molar-refractivity contribution >= 4 is 29.1 Å². The van der Waals surface area contributed by atoms with Gasteiger partial charge in [-0.1, -0.05) is 17.7 Å². The van der Waals surface area contributed by atoms with Crippen LogP contribution in [0.15, 0.2) is 71.9 Å². The summed E-state index contributed by atoms with van der Waals surface area (Å²) in [6.45, 7) is 3.89. The highest BCUT2D eigenvalue weighted by Crippen LogP contribution is 2.26. The Morgan fingerprint density at radius 2 is 2.03 bits per heavy atom. The fourth-order valence-electron chi connectivity index (χ4n) is 4.78. The predicted molar refractivity (Wildman–Crippen MR) is 143 cm³/mol. The smallest absolute Gasteiger partial charge is 0.314 e. The monoisotopic (exact) mass is 525 g/mol. The average Bonchev–Trinajstić information content (AvgIpc) is 3.73. The highest BCUT2D eigenvalue weighted by Gasteiger charge is 2.25. The number of fused-ring (bicyclic) bond motifs is 1. The van der Waals surface area contributed by atoms with Crippen LogP contribution in [-0.4, -0.2) is 60.8 Å². The van der Waals surface area contributed by atoms with E-state index in [0.29, 0.717) is 36.0 Å². The number of aromatic nitrogens is 6. The summed E-state index contributed by atoms with van der Waals surface area (Å²) in [5, 5.41) is 18.3. The number of hydrogen-bond donors (Lipinski definition) is 2. The lowest BCUT2D eigenvalue weighted by Crippen LogP contribution is -2.44. The summed E-state index contributed by atoms with van der Waals surface area (Å²) in [5.74, 6) is 0.364. The van der Waals surface area contributed by atoms with Crippen LogP contribution in [0.4, 0.5) is 11.6 Å². The first kappa shape index (κ1) is 24.3. The molecule has 0 aliphatic carbocycles. The lowest BCUT2D eigenvalue weighted by molar-refractivity contribution is -0.136. The molecule has 1 unspecified atom stereocenters. The van der Waals surface area contributed by atoms with Crippen LogP contribution in [0.1, 0.15) is 18.4 Å². The van der Waals surface area contributed by atoms with Crippen LogP contribution < -0.4 is 15.5 Å². The molecule has 2 amide bonds. The molecule has 5 aromatic rings. The van der Waals surface area contributed by atoms with E-state index in [0.717, 1.165) is 36.5 Å². The van der Waals surface area contributed by atoms with Gasteiger partial charge in [0.05, 0.1) is 12.0 Å². The standard InChI is InChI=1S/C27H27N9O3/c1-18-6-8-20(9-7-18)36-23(14-21(33-36)22-5-3-13-39-22)31-27(38)26(37)29-15-19-4-2-11-34(16-19)24-25-32-30-17-35(25)12-10-28-24/h3,5-10,12-14,17,19H,2,4,11,15-16H2,1H3,(H,29,37)(H,31,38). The third-order valence-electron chi connectivity index (χ3n) is 6.78. The van der Waals surface area contributed by atoms with E-state index < -0.39 is 11.8 Å². The zero-order valence-corrected chi connectivity index (χ0v) is 21.3. The number of carbonyl (C=O) groups excluding carboxylic acids is 2. The molecule has 1 aliphatic heterocycles. The first-order valence-corrected chi connectivity index (χ1v) is 12.7. The molecular formula is C27H27N9O3. The number of piperidine rings is 1. The van der Waals surface area contributed by atoms with Gasteiger partial charge in [-0.3, -0.25) is 14.0 Å². The number of benzene rings is 1. The maximum absolute atomic E-state index is 12.9. The fourth-order valence-corrected chi connectivity index (χ4v) is 4.78. The van der Waals surface area contributed by atoms with Gasteiger partial charge in [-0.25, -0.2) is 9.67 Å². The predicted octanol–water partition coefficient (Wildman–Crippen LogP) is 2.85. The molecule has 0 spiro atoms. The normalized spacial score (nSPS) is 15.4. The number of hydrogen-bond acceptors (Lipinski definition) is 8. The van der Waals surface area contributed by atoms with Crippen molar-refractivity contribution in [2.75, 3.05) is 29.9 Å². The summed E-state index contributed by atoms with van der Waals surface area (Å²) < 4.78 is 8.89. The van der Waals surface area contributed by atoms with E-state index in [-0.39, 0.29) is 5.92 Å². The zero-order chi connectivity index (χ0) is 26.8. The van der Waals surface area contributed by atoms with Crippen LogP contribution in [-0.2, 0) is 9.59 Å². The minimum atomic E-state index is -0.767. The zero-order valence-electron chi connectivity index (χ0n) is 21.3. The Bertz CT molecular complexity index is 1610. The maximum Gasteiger partial charge on any atom is 0.314 e. The molecule has 1 aromatic carbocycles. The molecule has 0 radical (unpaired) electrons. The Hall–Kier alpha value is -5.00. The van der Waals surface area contributed by atoms with Crippen molar-refractivity contribution in [2.24, 2.45) is 5.92 Å². The maximum atomic E-state index is 12.9. The van der Waals surface area contributed by atoms with E-state index in [4.69, 9.17) is 4.42 Å². The molecule has 0 bridgehead atoms. The van der Waals surface area contributed by atoms with Crippen LogP contribution in [0.3, 0.4) is 0 Å². The van der Waals surface area contributed by atoms with E-state index in [1.807, 2.05) is 41.8 Å². The van der Waals surface area contributed by atoms with Gasteiger partial charge in [-0.15, -0.1) is 10.2 Å². The quantitative estimate of drug-likeness (QED) is 0.323. The SMILES string of the molecule is Cc1ccc(-n2nc(-c3ccco3)cc2NC(=O)C(=O)NCC2CCCN(c3nccn4cnnc34)C2)cc1. The van der Waals surface area contributed by atoms with Crippen molar-refractivity contribution in [3.8, 4) is 17.1 Å². The van der Waals surface area contributed by atoms with Gasteiger partial charge in [-0.2, -0.15) is 5.10 Å². The van der Waals surface area contributed by atoms with Crippen LogP contribution in [0.2, 0.25) is 0 Å². The summed E-state index contributed by atoms with van der Waals surface area (Å²) in [6.07, 6.45) is 8.60. The Morgan fingerprint density at radius 1 is 1.15 bits per heavy atom. The average molecular weight is 526 g/mol. The molecule has 1 atom stereocenters. The molecule has 39 heavy (non-hydrogen) atoms. The Balaban J connectivity index is 1.12. The lowest BCUT2D eigenvalue weighted by atomic mass is 9.98. The molecule has 1 fully saturated rings. The van der Waals surface area contributed by atoms with Crippen LogP contribution in [0, 0.1) is 12.8 Å². The Morgan fingerprint density at radius 3 is 2.85 bits per heavy atom. The summed E-state index contributed by atoms with van der Waals surface area (Å²) >= 11 is 0. The minimum absolute atomic E-state index is 0.157. The van der Waals surface area contributed by atoms with Crippen molar-refractivity contribution < 1.29 is 14.0 Å². The Labute approximate surface area is 223 Å². The summed E-state index contributed by atoms with van der Waals surface area (Å²) in [7, 11) is 0. The number of rotatable bonds is 6. The fraction of sp³-hybridized carbons (Fsp3) is 0.259. The van der Waals surface area contributed by atoms with Gasteiger partial charge in [0.2, 0.25) is 5.65 Å². The van der Waals surface area contributed by atoms with Gasteiger partial charge in [0.15, 0.2) is 11.6 Å². The molecule has 12 heteroatoms. The number of carbonyl (C=O) groups is 2. The Kier molecular flexibility index (Phi) is 6.49. The molecule has 12 nitrogen and oxygen atoms in total. The molecule has 1 aliphatic rings. The summed E-state index contributed by atoms with van der Waals surface area (Å²) in [5.41, 5.74) is 3.07. The van der Waals surface area contributed by atoms with Crippen molar-refractivity contribution in [2.45, 2.75) is 19.8 Å². The number of amides is 2. The number of aryl methyl sites for hydroxylation is 1. The molecule has 4 aromatic heterocycles. The van der Waals surface area contributed by atoms with Gasteiger partial charge in [0, 0.05) is 38.1 Å². The highest BCUT2D eigenvalue weighted by atomic mass is 16.3. The second kappa shape index (κ2) is 10.4. The van der Waals surface area contributed by atoms with Crippen LogP contribution in [0.25, 0.3) is 22.8 Å². The van der Waals surface area contributed by atoms with Gasteiger partial charge >= 0.3 is 11.8 Å². The van der Waals surface area contributed by atoms with Gasteiger partial charge in [0.1, 0.15) is 17.8 Å². The first-order valence-electron chi connectivity index (χ1n) is 12.7. The lowest BCUT2D eigenvalue weighted by Gasteiger charge is -2.33.